The largest absolute Gasteiger partial charge is 0.756 e. The molecule has 2 N–H and O–H groups in total. The molecular formula is C75H125N2O6P. The Morgan fingerprint density at radius 3 is 1.11 bits per heavy atom. The maximum Gasteiger partial charge on any atom is 0.268 e. The standard InChI is InChI=1S/C75H125N2O6P/c1-6-8-10-12-14-16-18-20-22-24-26-28-29-30-31-32-33-34-35-36-37-38-39-40-41-42-43-44-45-46-47-49-51-53-55-57-59-61-63-65-67-69-75(79)76-73(72-83-84(80,81)82-71-70-77(3,4)5)74(78)68-66-64-62-60-58-56-54-52-50-48-27-25-23-21-19-17-15-13-11-9-7-2/h8,10,14,16,20,22,26,28,30-31,33-34,36-37,39-40,42-43,45-46,49,51,55,57-58,60,66,68,73-74,78H,6-7,9,11-13,15,17-19,21,23-25,27,29,32,35,38,41,44,47-48,50,52-54,56,59,61-65,67,69-72H2,1-5H3,(H-,76,79,80,81)/b10-8-,16-14-,22-20-,28-26-,31-30-,34-33-,37-36-,40-39-,43-42-,46-45-,51-49-,57-55-,60-58+,68-66+. The first-order chi connectivity index (χ1) is 41.0. The van der Waals surface area contributed by atoms with Crippen LogP contribution in [0.15, 0.2) is 170 Å². The molecule has 0 saturated carbocycles. The number of likely N-dealkylation sites (N-methyl/N-ethyl adjacent to an activating group) is 1. The van der Waals surface area contributed by atoms with E-state index in [4.69, 9.17) is 9.05 Å². The predicted molar refractivity (Wildman–Crippen MR) is 366 cm³/mol. The number of aliphatic hydroxyl groups excluding tert-OH is 1. The topological polar surface area (TPSA) is 108 Å². The lowest BCUT2D eigenvalue weighted by Gasteiger charge is -2.29. The fraction of sp³-hybridized carbons (Fsp3) is 0.613. The number of amides is 1. The molecule has 8 nitrogen and oxygen atoms in total. The molecule has 0 fully saturated rings. The quantitative estimate of drug-likeness (QED) is 0.0272. The molecule has 0 spiro atoms. The van der Waals surface area contributed by atoms with E-state index in [1.807, 2.05) is 27.2 Å². The zero-order valence-corrected chi connectivity index (χ0v) is 55.2. The number of aliphatic hydroxyl groups is 1. The summed E-state index contributed by atoms with van der Waals surface area (Å²) in [5, 5.41) is 13.9. The van der Waals surface area contributed by atoms with Gasteiger partial charge in [-0.15, -0.1) is 0 Å². The Morgan fingerprint density at radius 1 is 0.429 bits per heavy atom. The van der Waals surface area contributed by atoms with Crippen LogP contribution in [0, 0.1) is 0 Å². The summed E-state index contributed by atoms with van der Waals surface area (Å²) >= 11 is 0. The van der Waals surface area contributed by atoms with Gasteiger partial charge >= 0.3 is 0 Å². The molecule has 0 aliphatic rings. The molecular weight excluding hydrogens is 1060 g/mol. The van der Waals surface area contributed by atoms with Crippen molar-refractivity contribution in [1.82, 2.24) is 5.32 Å². The van der Waals surface area contributed by atoms with Gasteiger partial charge in [0.1, 0.15) is 13.2 Å². The minimum Gasteiger partial charge on any atom is -0.756 e. The van der Waals surface area contributed by atoms with Crippen LogP contribution in [0.1, 0.15) is 245 Å². The van der Waals surface area contributed by atoms with Gasteiger partial charge in [-0.1, -0.05) is 287 Å². The molecule has 9 heteroatoms. The summed E-state index contributed by atoms with van der Waals surface area (Å²) in [6.45, 7) is 4.49. The van der Waals surface area contributed by atoms with Crippen LogP contribution in [0.3, 0.4) is 0 Å². The second-order valence-corrected chi connectivity index (χ2v) is 24.5. The first-order valence-electron chi connectivity index (χ1n) is 33.5. The Hall–Kier alpha value is -4.14. The summed E-state index contributed by atoms with van der Waals surface area (Å²) in [6, 6.07) is -0.931. The molecule has 476 valence electrons. The zero-order valence-electron chi connectivity index (χ0n) is 54.3. The Labute approximate surface area is 517 Å². The monoisotopic (exact) mass is 1180 g/mol. The smallest absolute Gasteiger partial charge is 0.268 e. The Balaban J connectivity index is 4.25. The number of carbonyl (C=O) groups excluding carboxylic acids is 1. The van der Waals surface area contributed by atoms with E-state index in [-0.39, 0.29) is 12.5 Å². The van der Waals surface area contributed by atoms with Crippen LogP contribution in [0.5, 0.6) is 0 Å². The molecule has 84 heavy (non-hydrogen) atoms. The fourth-order valence-electron chi connectivity index (χ4n) is 8.74. The third-order valence-corrected chi connectivity index (χ3v) is 14.9. The molecule has 0 rings (SSSR count). The molecule has 0 aliphatic carbocycles. The van der Waals surface area contributed by atoms with Crippen molar-refractivity contribution in [1.29, 1.82) is 0 Å². The summed E-state index contributed by atoms with van der Waals surface area (Å²) < 4.78 is 23.4. The van der Waals surface area contributed by atoms with E-state index in [9.17, 15) is 19.4 Å². The van der Waals surface area contributed by atoms with Crippen molar-refractivity contribution < 1.29 is 32.9 Å². The van der Waals surface area contributed by atoms with E-state index in [0.717, 1.165) is 122 Å². The van der Waals surface area contributed by atoms with Gasteiger partial charge in [0.05, 0.1) is 39.9 Å². The van der Waals surface area contributed by atoms with Crippen molar-refractivity contribution in [3.63, 3.8) is 0 Å². The number of phosphoric ester groups is 1. The summed E-state index contributed by atoms with van der Waals surface area (Å²) in [4.78, 5) is 25.6. The van der Waals surface area contributed by atoms with Crippen LogP contribution < -0.4 is 10.2 Å². The van der Waals surface area contributed by atoms with Gasteiger partial charge in [-0.2, -0.15) is 0 Å². The van der Waals surface area contributed by atoms with Crippen LogP contribution in [0.25, 0.3) is 0 Å². The number of nitrogens with one attached hydrogen (secondary N) is 1. The first kappa shape index (κ1) is 79.9. The number of carbonyl (C=O) groups is 1. The Morgan fingerprint density at radius 2 is 0.738 bits per heavy atom. The van der Waals surface area contributed by atoms with Gasteiger partial charge in [0.25, 0.3) is 7.82 Å². The average Bonchev–Trinajstić information content (AvgIpc) is 3.56. The van der Waals surface area contributed by atoms with Gasteiger partial charge in [-0.3, -0.25) is 9.36 Å². The Kier molecular flexibility index (Phi) is 60.2. The molecule has 0 aromatic heterocycles. The van der Waals surface area contributed by atoms with Crippen molar-refractivity contribution in [3.8, 4) is 0 Å². The van der Waals surface area contributed by atoms with Crippen LogP contribution in [-0.4, -0.2) is 68.5 Å². The van der Waals surface area contributed by atoms with E-state index in [1.165, 1.54) is 96.3 Å². The molecule has 3 unspecified atom stereocenters. The summed E-state index contributed by atoms with van der Waals surface area (Å²) in [6.07, 6.45) is 100. The van der Waals surface area contributed by atoms with E-state index in [1.54, 1.807) is 6.08 Å². The first-order valence-corrected chi connectivity index (χ1v) is 35.0. The highest BCUT2D eigenvalue weighted by molar-refractivity contribution is 7.45. The lowest BCUT2D eigenvalue weighted by atomic mass is 10.0. The number of quaternary nitrogens is 1. The Bertz CT molecular complexity index is 1970. The van der Waals surface area contributed by atoms with Crippen LogP contribution >= 0.6 is 7.82 Å². The van der Waals surface area contributed by atoms with E-state index >= 15 is 0 Å². The molecule has 0 aliphatic heterocycles. The highest BCUT2D eigenvalue weighted by Gasteiger charge is 2.23. The average molecular weight is 1180 g/mol. The number of allylic oxidation sites excluding steroid dienone is 27. The van der Waals surface area contributed by atoms with Gasteiger partial charge in [0, 0.05) is 6.42 Å². The molecule has 0 aromatic rings. The number of phosphoric acid groups is 1. The summed E-state index contributed by atoms with van der Waals surface area (Å²) in [7, 11) is 1.20. The number of unbranched alkanes of at least 4 members (excludes halogenated alkanes) is 20. The second-order valence-electron chi connectivity index (χ2n) is 23.1. The van der Waals surface area contributed by atoms with Crippen molar-refractivity contribution in [2.24, 2.45) is 0 Å². The SMILES string of the molecule is CC/C=C\C/C=C\C/C=C\C/C=C\C/C=C\C/C=C\C/C=C\C/C=C\C/C=C\C/C=C\C/C=C\C/C=C\CCCCCCC(=O)NC(COP(=O)([O-])OCC[N+](C)(C)C)C(O)/C=C/CC/C=C/CCCCCCCCCCCCCCCCC. The summed E-state index contributed by atoms with van der Waals surface area (Å²) in [5.74, 6) is -0.237. The second kappa shape index (κ2) is 63.4. The maximum atomic E-state index is 13.0. The van der Waals surface area contributed by atoms with Gasteiger partial charge in [0.15, 0.2) is 0 Å². The normalized spacial score (nSPS) is 14.8. The zero-order chi connectivity index (χ0) is 61.2. The van der Waals surface area contributed by atoms with Crippen LogP contribution in [-0.2, 0) is 18.4 Å². The van der Waals surface area contributed by atoms with Gasteiger partial charge < -0.3 is 28.8 Å². The highest BCUT2D eigenvalue weighted by Crippen LogP contribution is 2.38. The van der Waals surface area contributed by atoms with Crippen molar-refractivity contribution in [3.05, 3.63) is 170 Å². The molecule has 1 amide bonds. The highest BCUT2D eigenvalue weighted by atomic mass is 31.2. The number of nitrogens with zero attached hydrogens (tertiary/aromatic N) is 1. The minimum absolute atomic E-state index is 0.0205. The van der Waals surface area contributed by atoms with Gasteiger partial charge in [-0.05, 0) is 122 Å². The van der Waals surface area contributed by atoms with Gasteiger partial charge in [0.2, 0.25) is 5.91 Å². The summed E-state index contributed by atoms with van der Waals surface area (Å²) in [5.41, 5.74) is 0. The molecule has 0 heterocycles. The van der Waals surface area contributed by atoms with E-state index in [2.05, 4.69) is 177 Å². The molecule has 0 aromatic carbocycles. The van der Waals surface area contributed by atoms with Crippen molar-refractivity contribution in [2.75, 3.05) is 40.9 Å². The van der Waals surface area contributed by atoms with E-state index in [0.29, 0.717) is 23.9 Å². The predicted octanol–water partition coefficient (Wildman–Crippen LogP) is 20.9. The molecule has 0 saturated heterocycles. The number of hydrogen-bond donors (Lipinski definition) is 2. The molecule has 0 bridgehead atoms. The number of rotatable bonds is 59. The maximum absolute atomic E-state index is 13.0. The molecule has 0 radical (unpaired) electrons. The van der Waals surface area contributed by atoms with Crippen molar-refractivity contribution in [2.45, 2.75) is 257 Å². The van der Waals surface area contributed by atoms with Crippen LogP contribution in [0.2, 0.25) is 0 Å². The fourth-order valence-corrected chi connectivity index (χ4v) is 9.46. The molecule has 3 atom stereocenters. The third kappa shape index (κ3) is 65.4. The van der Waals surface area contributed by atoms with E-state index < -0.39 is 26.6 Å². The number of hydrogen-bond acceptors (Lipinski definition) is 6. The van der Waals surface area contributed by atoms with Gasteiger partial charge in [-0.25, -0.2) is 0 Å². The lowest BCUT2D eigenvalue weighted by molar-refractivity contribution is -0.870. The minimum atomic E-state index is -4.63. The van der Waals surface area contributed by atoms with Crippen molar-refractivity contribution >= 4 is 13.7 Å². The van der Waals surface area contributed by atoms with Crippen LogP contribution in [0.4, 0.5) is 0 Å². The lowest BCUT2D eigenvalue weighted by Crippen LogP contribution is -2.45. The third-order valence-electron chi connectivity index (χ3n) is 13.9.